The van der Waals surface area contributed by atoms with Crippen molar-refractivity contribution in [2.45, 2.75) is 84.2 Å². The van der Waals surface area contributed by atoms with Crippen molar-refractivity contribution in [2.75, 3.05) is 33.0 Å². The van der Waals surface area contributed by atoms with E-state index in [1.54, 1.807) is 81.4 Å². The summed E-state index contributed by atoms with van der Waals surface area (Å²) in [6.07, 6.45) is -3.88. The molecule has 332 valence electrons. The second-order valence-corrected chi connectivity index (χ2v) is 15.0. The first kappa shape index (κ1) is 50.7. The van der Waals surface area contributed by atoms with E-state index in [1.165, 1.54) is 18.2 Å². The number of halogens is 3. The summed E-state index contributed by atoms with van der Waals surface area (Å²) in [5.41, 5.74) is 2.05. The van der Waals surface area contributed by atoms with Gasteiger partial charge in [0.1, 0.15) is 67.7 Å². The van der Waals surface area contributed by atoms with Crippen molar-refractivity contribution in [3.8, 4) is 35.1 Å². The van der Waals surface area contributed by atoms with Gasteiger partial charge >= 0.3 is 11.9 Å². The summed E-state index contributed by atoms with van der Waals surface area (Å²) < 4.78 is 52.4. The molecular weight excluding hydrogens is 846 g/mol. The zero-order valence-corrected chi connectivity index (χ0v) is 36.6. The maximum atomic E-state index is 14.2. The number of carbonyl (C=O) groups is 2. The van der Waals surface area contributed by atoms with Crippen molar-refractivity contribution in [2.24, 2.45) is 0 Å². The lowest BCUT2D eigenvalue weighted by Gasteiger charge is -2.19. The number of benzene rings is 4. The number of rotatable bonds is 23. The van der Waals surface area contributed by atoms with Crippen LogP contribution < -0.4 is 18.9 Å². The highest BCUT2D eigenvalue weighted by Crippen LogP contribution is 2.24. The Morgan fingerprint density at radius 1 is 0.677 bits per heavy atom. The molecule has 0 aliphatic heterocycles. The van der Waals surface area contributed by atoms with Gasteiger partial charge in [-0.15, -0.1) is 0 Å². The number of esters is 1. The molecule has 13 nitrogen and oxygen atoms in total. The predicted molar refractivity (Wildman–Crippen MR) is 230 cm³/mol. The smallest absolute Gasteiger partial charge is 0.335 e. The molecule has 4 aromatic rings. The zero-order valence-electron chi connectivity index (χ0n) is 35.1. The Labute approximate surface area is 371 Å². The second-order valence-electron chi connectivity index (χ2n) is 14.1. The fourth-order valence-electron chi connectivity index (χ4n) is 5.50. The number of hydrogen-bond acceptors (Lipinski definition) is 12. The van der Waals surface area contributed by atoms with Crippen molar-refractivity contribution in [1.82, 2.24) is 0 Å². The first-order valence-electron chi connectivity index (χ1n) is 19.7. The standard InChI is InChI=1S/C24H28ClNO6.C22H23ClFNO5/c1-4-29-24(28)23(32-16(2)3)11-17-6-5-7-21(10-17)30-14-20(27)15-31-22-9-8-19(25)12-18(22)13-26;1-14(2)30-21(22(26)27)9-15-4-3-5-19(8-15)28-12-18(24)13-29-20-7-6-17(23)10-16(20)11-25/h5-10,12,16,20,23,27H,4,11,14-15H2,1-3H3;3-8,10,14,18,21H,9,12-13H2,1-2H3,(H,26,27)/t20-,23+;18-,21-/m10/s1. The van der Waals surface area contributed by atoms with E-state index in [0.717, 1.165) is 5.56 Å². The minimum absolute atomic E-state index is 0.0112. The van der Waals surface area contributed by atoms with Gasteiger partial charge < -0.3 is 43.4 Å². The van der Waals surface area contributed by atoms with Crippen LogP contribution in [-0.2, 0) is 36.6 Å². The number of ether oxygens (including phenoxy) is 7. The van der Waals surface area contributed by atoms with Crippen LogP contribution in [0.4, 0.5) is 4.39 Å². The number of nitriles is 2. The molecule has 16 heteroatoms. The van der Waals surface area contributed by atoms with E-state index in [1.807, 2.05) is 32.1 Å². The van der Waals surface area contributed by atoms with Crippen molar-refractivity contribution < 1.29 is 57.4 Å². The number of nitrogens with zero attached hydrogens (tertiary/aromatic N) is 2. The van der Waals surface area contributed by atoms with E-state index in [-0.39, 0.29) is 68.5 Å². The lowest BCUT2D eigenvalue weighted by molar-refractivity contribution is -0.159. The summed E-state index contributed by atoms with van der Waals surface area (Å²) in [7, 11) is 0. The molecule has 0 saturated carbocycles. The van der Waals surface area contributed by atoms with E-state index in [4.69, 9.17) is 66.9 Å². The molecule has 4 atom stereocenters. The highest BCUT2D eigenvalue weighted by Gasteiger charge is 2.23. The topological polar surface area (TPSA) is 187 Å². The number of aliphatic hydroxyl groups is 1. The number of aliphatic carboxylic acids is 1. The van der Waals surface area contributed by atoms with Crippen LogP contribution >= 0.6 is 23.2 Å². The number of aliphatic hydroxyl groups excluding tert-OH is 1. The van der Waals surface area contributed by atoms with Crippen molar-refractivity contribution in [3.05, 3.63) is 117 Å². The quantitative estimate of drug-likeness (QED) is 0.0677. The molecule has 0 aliphatic carbocycles. The molecular formula is C46H51Cl2FN2O11. The van der Waals surface area contributed by atoms with Gasteiger partial charge in [0.2, 0.25) is 0 Å². The molecule has 0 unspecified atom stereocenters. The molecule has 0 bridgehead atoms. The van der Waals surface area contributed by atoms with Crippen LogP contribution in [-0.4, -0.2) is 91.9 Å². The second kappa shape index (κ2) is 26.7. The normalized spacial score (nSPS) is 12.7. The molecule has 0 amide bonds. The largest absolute Gasteiger partial charge is 0.491 e. The molecule has 0 saturated heterocycles. The van der Waals surface area contributed by atoms with Gasteiger partial charge in [0.05, 0.1) is 29.9 Å². The highest BCUT2D eigenvalue weighted by atomic mass is 35.5. The third-order valence-corrected chi connectivity index (χ3v) is 8.66. The van der Waals surface area contributed by atoms with Gasteiger partial charge in [-0.2, -0.15) is 10.5 Å². The van der Waals surface area contributed by atoms with Gasteiger partial charge in [-0.3, -0.25) is 0 Å². The Kier molecular flexibility index (Phi) is 21.8. The monoisotopic (exact) mass is 896 g/mol. The van der Waals surface area contributed by atoms with Crippen LogP contribution in [0.5, 0.6) is 23.0 Å². The van der Waals surface area contributed by atoms with Crippen LogP contribution in [0, 0.1) is 22.7 Å². The van der Waals surface area contributed by atoms with Gasteiger partial charge in [-0.1, -0.05) is 47.5 Å². The van der Waals surface area contributed by atoms with Gasteiger partial charge in [0.25, 0.3) is 0 Å². The number of carbonyl (C=O) groups excluding carboxylic acids is 1. The van der Waals surface area contributed by atoms with Crippen LogP contribution in [0.2, 0.25) is 10.0 Å². The van der Waals surface area contributed by atoms with E-state index in [9.17, 15) is 24.2 Å². The minimum atomic E-state index is -1.44. The third-order valence-electron chi connectivity index (χ3n) is 8.19. The van der Waals surface area contributed by atoms with Gasteiger partial charge in [0.15, 0.2) is 18.4 Å². The van der Waals surface area contributed by atoms with Gasteiger partial charge in [-0.25, -0.2) is 14.0 Å². The fraction of sp³-hybridized carbons (Fsp3) is 0.391. The molecule has 62 heavy (non-hydrogen) atoms. The fourth-order valence-corrected chi connectivity index (χ4v) is 5.84. The van der Waals surface area contributed by atoms with Gasteiger partial charge in [0, 0.05) is 22.9 Å². The summed E-state index contributed by atoms with van der Waals surface area (Å²) in [5.74, 6) is 0.0874. The Morgan fingerprint density at radius 3 is 1.61 bits per heavy atom. The van der Waals surface area contributed by atoms with Crippen molar-refractivity contribution in [1.29, 1.82) is 10.5 Å². The SMILES string of the molecule is CC(C)O[C@@H](Cc1cccc(OC[C@H](F)COc2ccc(Cl)cc2C#N)c1)C(=O)O.CCOC(=O)[C@H](Cc1cccc(OC[C@@H](O)COc2ccc(Cl)cc2C#N)c1)OC(C)C. The van der Waals surface area contributed by atoms with E-state index >= 15 is 0 Å². The van der Waals surface area contributed by atoms with E-state index < -0.39 is 36.4 Å². The molecule has 0 aliphatic rings. The average Bonchev–Trinajstić information content (AvgIpc) is 3.23. The molecule has 4 aromatic carbocycles. The summed E-state index contributed by atoms with van der Waals surface area (Å²) >= 11 is 11.7. The maximum Gasteiger partial charge on any atom is 0.335 e. The Hall–Kier alpha value is -5.61. The molecule has 0 fully saturated rings. The van der Waals surface area contributed by atoms with Gasteiger partial charge in [-0.05, 0) is 106 Å². The molecule has 2 N–H and O–H groups in total. The maximum absolute atomic E-state index is 14.2. The van der Waals surface area contributed by atoms with Crippen LogP contribution in [0.3, 0.4) is 0 Å². The molecule has 4 rings (SSSR count). The molecule has 0 aromatic heterocycles. The predicted octanol–water partition coefficient (Wildman–Crippen LogP) is 8.36. The lowest BCUT2D eigenvalue weighted by atomic mass is 10.1. The van der Waals surface area contributed by atoms with E-state index in [2.05, 4.69) is 0 Å². The lowest BCUT2D eigenvalue weighted by Crippen LogP contribution is -2.31. The molecule has 0 radical (unpaired) electrons. The Balaban J connectivity index is 0.000000331. The van der Waals surface area contributed by atoms with Crippen molar-refractivity contribution in [3.63, 3.8) is 0 Å². The number of carboxylic acids is 1. The molecule has 0 heterocycles. The zero-order chi connectivity index (χ0) is 45.6. The Bertz CT molecular complexity index is 2130. The first-order valence-corrected chi connectivity index (χ1v) is 20.5. The summed E-state index contributed by atoms with van der Waals surface area (Å²) in [6, 6.07) is 27.1. The van der Waals surface area contributed by atoms with Crippen molar-refractivity contribution >= 4 is 35.1 Å². The first-order chi connectivity index (χ1) is 29.6. The Morgan fingerprint density at radius 2 is 1.13 bits per heavy atom. The summed E-state index contributed by atoms with van der Waals surface area (Å²) in [6.45, 7) is 8.67. The summed E-state index contributed by atoms with van der Waals surface area (Å²) in [4.78, 5) is 23.5. The average molecular weight is 898 g/mol. The van der Waals surface area contributed by atoms with Crippen LogP contribution in [0.15, 0.2) is 84.9 Å². The molecule has 0 spiro atoms. The number of hydrogen-bond donors (Lipinski definition) is 2. The number of alkyl halides is 1. The summed E-state index contributed by atoms with van der Waals surface area (Å²) in [5, 5.41) is 38.5. The minimum Gasteiger partial charge on any atom is -0.491 e. The van der Waals surface area contributed by atoms with E-state index in [0.29, 0.717) is 39.3 Å². The third kappa shape index (κ3) is 18.6. The van der Waals surface area contributed by atoms with Crippen LogP contribution in [0.1, 0.15) is 56.9 Å². The number of carboxylic acid groups (broad SMARTS) is 1. The highest BCUT2D eigenvalue weighted by molar-refractivity contribution is 6.31. The van der Waals surface area contributed by atoms with Crippen LogP contribution in [0.25, 0.3) is 0 Å².